The molecule has 0 aliphatic carbocycles. The van der Waals surface area contributed by atoms with Gasteiger partial charge in [0.2, 0.25) is 0 Å². The summed E-state index contributed by atoms with van der Waals surface area (Å²) in [5.74, 6) is -0.0908. The maximum Gasteiger partial charge on any atom is 0.508 e. The molecule has 1 saturated heterocycles. The monoisotopic (exact) mass is 226 g/mol. The Hall–Kier alpha value is -0.500. The van der Waals surface area contributed by atoms with Crippen molar-refractivity contribution in [3.05, 3.63) is 0 Å². The molecular formula is C7H14O6S. The molecule has 0 aromatic carbocycles. The predicted molar refractivity (Wildman–Crippen MR) is 50.2 cm³/mol. The Labute approximate surface area is 83.7 Å². The molecule has 0 spiro atoms. The fourth-order valence-electron chi connectivity index (χ4n) is 1.29. The molecule has 7 heteroatoms. The summed E-state index contributed by atoms with van der Waals surface area (Å²) in [6, 6.07) is 0. The van der Waals surface area contributed by atoms with Crippen LogP contribution in [0.3, 0.4) is 0 Å². The molecule has 84 valence electrons. The molecule has 1 rings (SSSR count). The molecule has 0 saturated carbocycles. The second-order valence-electron chi connectivity index (χ2n) is 3.11. The highest BCUT2D eigenvalue weighted by Crippen LogP contribution is 2.46. The van der Waals surface area contributed by atoms with Gasteiger partial charge in [-0.2, -0.15) is 0 Å². The summed E-state index contributed by atoms with van der Waals surface area (Å²) in [5.41, 5.74) is 0. The van der Waals surface area contributed by atoms with Gasteiger partial charge in [-0.15, -0.1) is 0 Å². The van der Waals surface area contributed by atoms with Crippen LogP contribution in [-0.4, -0.2) is 40.3 Å². The molecule has 0 aromatic heterocycles. The van der Waals surface area contributed by atoms with Crippen LogP contribution in [0.1, 0.15) is 13.3 Å². The third-order valence-electron chi connectivity index (χ3n) is 1.75. The summed E-state index contributed by atoms with van der Waals surface area (Å²) < 4.78 is 32.6. The topological polar surface area (TPSA) is 85.2 Å². The average Bonchev–Trinajstić information content (AvgIpc) is 1.99. The van der Waals surface area contributed by atoms with Crippen LogP contribution in [0.15, 0.2) is 0 Å². The molecule has 0 amide bonds. The van der Waals surface area contributed by atoms with Gasteiger partial charge in [0.15, 0.2) is 0 Å². The summed E-state index contributed by atoms with van der Waals surface area (Å²) >= 11 is 0. The zero-order valence-corrected chi connectivity index (χ0v) is 8.82. The van der Waals surface area contributed by atoms with Crippen LogP contribution in [0.2, 0.25) is 0 Å². The summed E-state index contributed by atoms with van der Waals surface area (Å²) in [4.78, 5) is 10.8. The van der Waals surface area contributed by atoms with Crippen LogP contribution in [-0.2, 0) is 13.7 Å². The SMILES string of the molecule is COC(=O)OC1CC(C)OS(O)(O)C1. The van der Waals surface area contributed by atoms with Crippen LogP contribution in [0.5, 0.6) is 0 Å². The first-order valence-electron chi connectivity index (χ1n) is 4.11. The summed E-state index contributed by atoms with van der Waals surface area (Å²) in [5, 5.41) is 0. The van der Waals surface area contributed by atoms with Crippen LogP contribution in [0, 0.1) is 0 Å². The van der Waals surface area contributed by atoms with E-state index in [1.54, 1.807) is 6.92 Å². The minimum atomic E-state index is -3.07. The number of hydrogen-bond acceptors (Lipinski definition) is 6. The lowest BCUT2D eigenvalue weighted by molar-refractivity contribution is 0.0156. The Morgan fingerprint density at radius 3 is 2.71 bits per heavy atom. The Kier molecular flexibility index (Phi) is 3.59. The van der Waals surface area contributed by atoms with Crippen molar-refractivity contribution < 1.29 is 27.6 Å². The third-order valence-corrected chi connectivity index (χ3v) is 3.19. The van der Waals surface area contributed by atoms with Crippen molar-refractivity contribution >= 4 is 17.0 Å². The van der Waals surface area contributed by atoms with E-state index in [0.717, 1.165) is 0 Å². The van der Waals surface area contributed by atoms with Gasteiger partial charge in [-0.25, -0.2) is 4.79 Å². The number of carbonyl (C=O) groups excluding carboxylic acids is 1. The van der Waals surface area contributed by atoms with Crippen molar-refractivity contribution in [1.82, 2.24) is 0 Å². The smallest absolute Gasteiger partial charge is 0.438 e. The first kappa shape index (κ1) is 11.6. The lowest BCUT2D eigenvalue weighted by Gasteiger charge is -2.38. The largest absolute Gasteiger partial charge is 0.508 e. The summed E-state index contributed by atoms with van der Waals surface area (Å²) in [7, 11) is -1.87. The van der Waals surface area contributed by atoms with Gasteiger partial charge in [0.25, 0.3) is 0 Å². The summed E-state index contributed by atoms with van der Waals surface area (Å²) in [6.45, 7) is 1.68. The van der Waals surface area contributed by atoms with E-state index in [9.17, 15) is 13.9 Å². The molecule has 6 nitrogen and oxygen atoms in total. The zero-order valence-electron chi connectivity index (χ0n) is 8.00. The number of ether oxygens (including phenoxy) is 2. The van der Waals surface area contributed by atoms with Gasteiger partial charge in [0.1, 0.15) is 6.10 Å². The van der Waals surface area contributed by atoms with Gasteiger partial charge in [0.05, 0.1) is 29.8 Å². The fraction of sp³-hybridized carbons (Fsp3) is 0.857. The molecule has 0 aromatic rings. The molecule has 14 heavy (non-hydrogen) atoms. The number of hydrogen-bond donors (Lipinski definition) is 2. The van der Waals surface area contributed by atoms with Gasteiger partial charge < -0.3 is 18.6 Å². The first-order valence-corrected chi connectivity index (χ1v) is 5.76. The standard InChI is InChI=1S/C7H14O6S/c1-5-3-6(12-7(8)11-2)4-14(9,10)13-5/h5-6,9-10H,3-4H2,1-2H3. The van der Waals surface area contributed by atoms with Crippen LogP contribution >= 0.6 is 10.9 Å². The molecule has 0 bridgehead atoms. The molecule has 1 aliphatic heterocycles. The highest BCUT2D eigenvalue weighted by Gasteiger charge is 2.35. The lowest BCUT2D eigenvalue weighted by atomic mass is 10.2. The van der Waals surface area contributed by atoms with Crippen LogP contribution in [0.4, 0.5) is 4.79 Å². The normalized spacial score (nSPS) is 33.1. The van der Waals surface area contributed by atoms with Crippen molar-refractivity contribution in [2.24, 2.45) is 0 Å². The van der Waals surface area contributed by atoms with E-state index in [1.807, 2.05) is 0 Å². The van der Waals surface area contributed by atoms with Gasteiger partial charge in [-0.05, 0) is 6.92 Å². The Balaban J connectivity index is 2.50. The predicted octanol–water partition coefficient (Wildman–Crippen LogP) is 1.61. The van der Waals surface area contributed by atoms with E-state index < -0.39 is 23.1 Å². The van der Waals surface area contributed by atoms with Crippen LogP contribution < -0.4 is 0 Å². The number of methoxy groups -OCH3 is 1. The molecule has 2 unspecified atom stereocenters. The number of carbonyl (C=O) groups is 1. The lowest BCUT2D eigenvalue weighted by Crippen LogP contribution is -2.35. The van der Waals surface area contributed by atoms with Gasteiger partial charge in [0, 0.05) is 6.42 Å². The molecule has 0 radical (unpaired) electrons. The van der Waals surface area contributed by atoms with E-state index in [1.165, 1.54) is 7.11 Å². The Morgan fingerprint density at radius 1 is 1.57 bits per heavy atom. The van der Waals surface area contributed by atoms with Gasteiger partial charge in [-0.3, -0.25) is 4.18 Å². The quantitative estimate of drug-likeness (QED) is 0.661. The molecular weight excluding hydrogens is 212 g/mol. The first-order chi connectivity index (χ1) is 6.43. The van der Waals surface area contributed by atoms with Crippen molar-refractivity contribution in [3.63, 3.8) is 0 Å². The summed E-state index contributed by atoms with van der Waals surface area (Å²) in [6.07, 6.45) is -1.29. The average molecular weight is 226 g/mol. The van der Waals surface area contributed by atoms with Crippen molar-refractivity contribution in [1.29, 1.82) is 0 Å². The van der Waals surface area contributed by atoms with E-state index in [-0.39, 0.29) is 11.9 Å². The van der Waals surface area contributed by atoms with Crippen molar-refractivity contribution in [2.75, 3.05) is 12.9 Å². The second kappa shape index (κ2) is 4.35. The minimum Gasteiger partial charge on any atom is -0.438 e. The molecule has 2 atom stereocenters. The van der Waals surface area contributed by atoms with Crippen LogP contribution in [0.25, 0.3) is 0 Å². The minimum absolute atomic E-state index is 0.0908. The van der Waals surface area contributed by atoms with E-state index >= 15 is 0 Å². The fourth-order valence-corrected chi connectivity index (χ4v) is 2.66. The van der Waals surface area contributed by atoms with Crippen molar-refractivity contribution in [3.8, 4) is 0 Å². The molecule has 1 fully saturated rings. The van der Waals surface area contributed by atoms with Gasteiger partial charge >= 0.3 is 6.16 Å². The van der Waals surface area contributed by atoms with Gasteiger partial charge in [-0.1, -0.05) is 0 Å². The highest BCUT2D eigenvalue weighted by atomic mass is 32.3. The van der Waals surface area contributed by atoms with E-state index in [4.69, 9.17) is 8.92 Å². The van der Waals surface area contributed by atoms with E-state index in [0.29, 0.717) is 6.42 Å². The third kappa shape index (κ3) is 3.33. The van der Waals surface area contributed by atoms with Crippen molar-refractivity contribution in [2.45, 2.75) is 25.6 Å². The Bertz CT molecular complexity index is 218. The maximum atomic E-state index is 10.8. The maximum absolute atomic E-state index is 10.8. The molecule has 2 N–H and O–H groups in total. The zero-order chi connectivity index (χ0) is 10.8. The molecule has 1 aliphatic rings. The Morgan fingerprint density at radius 2 is 2.21 bits per heavy atom. The second-order valence-corrected chi connectivity index (χ2v) is 4.85. The highest BCUT2D eigenvalue weighted by molar-refractivity contribution is 8.20. The van der Waals surface area contributed by atoms with E-state index in [2.05, 4.69) is 4.74 Å². The number of rotatable bonds is 1. The molecule has 1 heterocycles.